The van der Waals surface area contributed by atoms with Gasteiger partial charge in [0.15, 0.2) is 5.01 Å². The Labute approximate surface area is 153 Å². The smallest absolute Gasteiger partial charge is 0.335 e. The van der Waals surface area contributed by atoms with E-state index in [2.05, 4.69) is 21.0 Å². The predicted octanol–water partition coefficient (Wildman–Crippen LogP) is 4.29. The lowest BCUT2D eigenvalue weighted by molar-refractivity contribution is 0.0697. The summed E-state index contributed by atoms with van der Waals surface area (Å²) < 4.78 is 7.82. The largest absolute Gasteiger partial charge is 0.479 e. The van der Waals surface area contributed by atoms with E-state index in [0.29, 0.717) is 12.5 Å². The molecule has 1 N–H and O–H groups in total. The minimum absolute atomic E-state index is 0.0720. The summed E-state index contributed by atoms with van der Waals surface area (Å²) in [5.74, 6) is 0.525. The highest BCUT2D eigenvalue weighted by molar-refractivity contribution is 9.09. The zero-order chi connectivity index (χ0) is 17.4. The molecule has 3 aromatic rings. The summed E-state index contributed by atoms with van der Waals surface area (Å²) in [4.78, 5) is 11.1. The van der Waals surface area contributed by atoms with Gasteiger partial charge in [-0.2, -0.15) is 5.10 Å². The topological polar surface area (TPSA) is 64.3 Å². The first kappa shape index (κ1) is 16.1. The van der Waals surface area contributed by atoms with Gasteiger partial charge in [0.05, 0.1) is 23.8 Å². The molecule has 1 aliphatic rings. The number of aromatic nitrogens is 2. The molecule has 4 rings (SSSR count). The quantitative estimate of drug-likeness (QED) is 0.626. The Morgan fingerprint density at radius 2 is 2.16 bits per heavy atom. The first-order valence-electron chi connectivity index (χ1n) is 8.19. The number of alkyl halides is 1. The first-order valence-corrected chi connectivity index (χ1v) is 9.10. The Hall–Kier alpha value is -2.34. The molecule has 1 aromatic heterocycles. The number of nitrogens with zero attached hydrogens (tertiary/aromatic N) is 2. The fraction of sp³-hybridized carbons (Fsp3) is 0.263. The van der Waals surface area contributed by atoms with Crippen molar-refractivity contribution < 1.29 is 14.6 Å². The molecule has 0 radical (unpaired) electrons. The number of hydrogen-bond acceptors (Lipinski definition) is 3. The third-order valence-electron chi connectivity index (χ3n) is 4.36. The number of rotatable bonds is 6. The number of ether oxygens (including phenoxy) is 1. The summed E-state index contributed by atoms with van der Waals surface area (Å²) in [5.41, 5.74) is 2.26. The van der Waals surface area contributed by atoms with Crippen LogP contribution >= 0.6 is 15.9 Å². The normalized spacial score (nSPS) is 15.2. The van der Waals surface area contributed by atoms with Gasteiger partial charge in [-0.1, -0.05) is 12.1 Å². The van der Waals surface area contributed by atoms with Crippen molar-refractivity contribution in [2.75, 3.05) is 0 Å². The molecular formula is C19H17BrN2O3. The van der Waals surface area contributed by atoms with Gasteiger partial charge in [0, 0.05) is 11.3 Å². The fourth-order valence-corrected chi connectivity index (χ4v) is 3.57. The summed E-state index contributed by atoms with van der Waals surface area (Å²) in [6.07, 6.45) is 4.13. The maximum Gasteiger partial charge on any atom is 0.335 e. The zero-order valence-electron chi connectivity index (χ0n) is 13.4. The van der Waals surface area contributed by atoms with Crippen molar-refractivity contribution in [1.29, 1.82) is 0 Å². The van der Waals surface area contributed by atoms with E-state index >= 15 is 0 Å². The predicted molar refractivity (Wildman–Crippen MR) is 98.3 cm³/mol. The number of halogens is 1. The van der Waals surface area contributed by atoms with Gasteiger partial charge in [-0.3, -0.25) is 4.68 Å². The van der Waals surface area contributed by atoms with Crippen LogP contribution in [0.3, 0.4) is 0 Å². The van der Waals surface area contributed by atoms with Crippen LogP contribution in [0.2, 0.25) is 0 Å². The number of carboxylic acids is 1. The van der Waals surface area contributed by atoms with Gasteiger partial charge in [-0.25, -0.2) is 4.79 Å². The van der Waals surface area contributed by atoms with Crippen LogP contribution in [0.4, 0.5) is 0 Å². The number of aromatic carboxylic acids is 1. The fourth-order valence-electron chi connectivity index (χ4n) is 2.82. The third kappa shape index (κ3) is 3.54. The second kappa shape index (κ2) is 6.52. The van der Waals surface area contributed by atoms with Crippen LogP contribution < -0.4 is 4.74 Å². The van der Waals surface area contributed by atoms with E-state index in [1.54, 1.807) is 24.4 Å². The molecule has 0 spiro atoms. The van der Waals surface area contributed by atoms with E-state index < -0.39 is 5.97 Å². The summed E-state index contributed by atoms with van der Waals surface area (Å²) in [5, 5.41) is 14.4. The highest BCUT2D eigenvalue weighted by Crippen LogP contribution is 2.37. The van der Waals surface area contributed by atoms with Crippen molar-refractivity contribution >= 4 is 32.8 Å². The molecule has 6 heteroatoms. The number of carbonyl (C=O) groups is 1. The summed E-state index contributed by atoms with van der Waals surface area (Å²) in [7, 11) is 0. The average Bonchev–Trinajstić information content (AvgIpc) is 3.38. The highest BCUT2D eigenvalue weighted by Gasteiger charge is 2.30. The van der Waals surface area contributed by atoms with Gasteiger partial charge in [-0.15, -0.1) is 0 Å². The van der Waals surface area contributed by atoms with E-state index in [4.69, 9.17) is 9.84 Å². The van der Waals surface area contributed by atoms with Gasteiger partial charge in [0.25, 0.3) is 0 Å². The number of benzene rings is 2. The van der Waals surface area contributed by atoms with Crippen molar-refractivity contribution in [3.05, 3.63) is 59.8 Å². The monoisotopic (exact) mass is 400 g/mol. The molecule has 1 atom stereocenters. The number of fused-ring (bicyclic) bond motifs is 1. The van der Waals surface area contributed by atoms with E-state index in [1.165, 1.54) is 12.8 Å². The van der Waals surface area contributed by atoms with Crippen molar-refractivity contribution in [2.45, 2.75) is 24.4 Å². The van der Waals surface area contributed by atoms with Crippen molar-refractivity contribution in [1.82, 2.24) is 9.78 Å². The summed E-state index contributed by atoms with van der Waals surface area (Å²) in [6, 6.07) is 13.0. The number of carboxylic acid groups (broad SMARTS) is 1. The molecule has 128 valence electrons. The SMILES string of the molecule is O=C(O)c1ccc2c(cnn2Cc2cccc(OC(Br)C3CC3)c2)c1. The molecule has 0 amide bonds. The molecule has 25 heavy (non-hydrogen) atoms. The van der Waals surface area contributed by atoms with Crippen LogP contribution in [-0.2, 0) is 6.54 Å². The van der Waals surface area contributed by atoms with Crippen LogP contribution in [0.15, 0.2) is 48.7 Å². The van der Waals surface area contributed by atoms with Crippen molar-refractivity contribution in [2.24, 2.45) is 5.92 Å². The minimum Gasteiger partial charge on any atom is -0.479 e. The van der Waals surface area contributed by atoms with E-state index in [1.807, 2.05) is 28.9 Å². The molecule has 0 bridgehead atoms. The van der Waals surface area contributed by atoms with Crippen LogP contribution in [0.5, 0.6) is 5.75 Å². The van der Waals surface area contributed by atoms with Gasteiger partial charge < -0.3 is 9.84 Å². The molecule has 2 aromatic carbocycles. The van der Waals surface area contributed by atoms with Crippen LogP contribution in [0.25, 0.3) is 10.9 Å². The molecule has 0 aliphatic heterocycles. The molecule has 1 aliphatic carbocycles. The van der Waals surface area contributed by atoms with Crippen molar-refractivity contribution in [3.8, 4) is 5.75 Å². The Morgan fingerprint density at radius 1 is 1.32 bits per heavy atom. The molecule has 1 heterocycles. The Kier molecular flexibility index (Phi) is 4.21. The maximum atomic E-state index is 11.1. The maximum absolute atomic E-state index is 11.1. The van der Waals surface area contributed by atoms with Crippen LogP contribution in [0, 0.1) is 5.92 Å². The summed E-state index contributed by atoms with van der Waals surface area (Å²) >= 11 is 3.59. The van der Waals surface area contributed by atoms with E-state index in [9.17, 15) is 4.79 Å². The molecule has 1 fully saturated rings. The van der Waals surface area contributed by atoms with Crippen LogP contribution in [0.1, 0.15) is 28.8 Å². The lowest BCUT2D eigenvalue weighted by Gasteiger charge is -2.13. The second-order valence-corrected chi connectivity index (χ2v) is 7.24. The first-order chi connectivity index (χ1) is 12.1. The van der Waals surface area contributed by atoms with Gasteiger partial charge in [-0.05, 0) is 64.7 Å². The lowest BCUT2D eigenvalue weighted by Crippen LogP contribution is -2.10. The lowest BCUT2D eigenvalue weighted by atomic mass is 10.1. The van der Waals surface area contributed by atoms with Gasteiger partial charge >= 0.3 is 5.97 Å². The highest BCUT2D eigenvalue weighted by atomic mass is 79.9. The molecule has 1 saturated carbocycles. The van der Waals surface area contributed by atoms with E-state index in [0.717, 1.165) is 22.2 Å². The molecular weight excluding hydrogens is 384 g/mol. The average molecular weight is 401 g/mol. The van der Waals surface area contributed by atoms with Gasteiger partial charge in [0.1, 0.15) is 5.75 Å². The Bertz CT molecular complexity index is 933. The van der Waals surface area contributed by atoms with Gasteiger partial charge in [0.2, 0.25) is 0 Å². The van der Waals surface area contributed by atoms with E-state index in [-0.39, 0.29) is 10.6 Å². The number of hydrogen-bond donors (Lipinski definition) is 1. The second-order valence-electron chi connectivity index (χ2n) is 6.33. The van der Waals surface area contributed by atoms with Crippen molar-refractivity contribution in [3.63, 3.8) is 0 Å². The summed E-state index contributed by atoms with van der Waals surface area (Å²) in [6.45, 7) is 0.601. The Balaban J connectivity index is 1.55. The molecule has 0 saturated heterocycles. The third-order valence-corrected chi connectivity index (χ3v) is 5.30. The minimum atomic E-state index is -0.931. The molecule has 5 nitrogen and oxygen atoms in total. The Morgan fingerprint density at radius 3 is 2.92 bits per heavy atom. The van der Waals surface area contributed by atoms with Crippen LogP contribution in [-0.4, -0.2) is 25.9 Å². The molecule has 1 unspecified atom stereocenters. The zero-order valence-corrected chi connectivity index (χ0v) is 15.0. The standard InChI is InChI=1S/C19H17BrN2O3/c20-18(13-4-5-13)25-16-3-1-2-12(8-16)11-22-17-7-6-14(19(23)24)9-15(17)10-21-22/h1-3,6-10,13,18H,4-5,11H2,(H,23,24).